The van der Waals surface area contributed by atoms with Crippen molar-refractivity contribution in [2.75, 3.05) is 6.61 Å². The van der Waals surface area contributed by atoms with E-state index in [4.69, 9.17) is 9.47 Å². The summed E-state index contributed by atoms with van der Waals surface area (Å²) >= 11 is 0. The Bertz CT molecular complexity index is 690. The van der Waals surface area contributed by atoms with E-state index in [0.717, 1.165) is 30.0 Å². The van der Waals surface area contributed by atoms with Crippen LogP contribution in [0.25, 0.3) is 0 Å². The number of esters is 1. The number of carbonyl (C=O) groups is 1. The fourth-order valence-corrected chi connectivity index (χ4v) is 2.46. The maximum Gasteiger partial charge on any atom is 0.308 e. The fraction of sp³-hybridized carbons (Fsp3) is 0.364. The molecule has 0 spiro atoms. The number of aliphatic imine (C=N–C) groups is 1. The molecule has 0 unspecified atom stereocenters. The molecular weight excluding hydrogens is 326 g/mol. The molecule has 0 aliphatic heterocycles. The van der Waals surface area contributed by atoms with Crippen LogP contribution >= 0.6 is 0 Å². The van der Waals surface area contributed by atoms with Crippen molar-refractivity contribution in [2.45, 2.75) is 46.0 Å². The summed E-state index contributed by atoms with van der Waals surface area (Å²) in [6.45, 7) is 4.37. The Morgan fingerprint density at radius 3 is 2.23 bits per heavy atom. The first-order valence-electron chi connectivity index (χ1n) is 9.23. The van der Waals surface area contributed by atoms with Gasteiger partial charge in [0.15, 0.2) is 0 Å². The van der Waals surface area contributed by atoms with Crippen LogP contribution in [0.15, 0.2) is 53.5 Å². The molecule has 2 rings (SSSR count). The molecule has 0 heterocycles. The van der Waals surface area contributed by atoms with Crippen LogP contribution < -0.4 is 9.47 Å². The molecule has 26 heavy (non-hydrogen) atoms. The lowest BCUT2D eigenvalue weighted by Crippen LogP contribution is -2.00. The van der Waals surface area contributed by atoms with Crippen molar-refractivity contribution in [1.29, 1.82) is 0 Å². The molecule has 4 nitrogen and oxygen atoms in total. The summed E-state index contributed by atoms with van der Waals surface area (Å²) in [4.78, 5) is 15.3. The normalized spacial score (nSPS) is 10.8. The van der Waals surface area contributed by atoms with Gasteiger partial charge in [-0.1, -0.05) is 32.6 Å². The molecule has 2 aromatic rings. The van der Waals surface area contributed by atoms with Crippen LogP contribution in [0, 0.1) is 0 Å². The second-order valence-electron chi connectivity index (χ2n) is 6.18. The topological polar surface area (TPSA) is 47.9 Å². The smallest absolute Gasteiger partial charge is 0.308 e. The van der Waals surface area contributed by atoms with Gasteiger partial charge in [-0.15, -0.1) is 0 Å². The first kappa shape index (κ1) is 19.7. The molecule has 0 atom stereocenters. The zero-order chi connectivity index (χ0) is 18.6. The van der Waals surface area contributed by atoms with E-state index in [1.165, 1.54) is 32.6 Å². The Hall–Kier alpha value is -2.62. The average Bonchev–Trinajstić information content (AvgIpc) is 2.64. The van der Waals surface area contributed by atoms with E-state index in [0.29, 0.717) is 5.75 Å². The number of hydrogen-bond donors (Lipinski definition) is 0. The summed E-state index contributed by atoms with van der Waals surface area (Å²) in [6.07, 6.45) is 7.99. The highest BCUT2D eigenvalue weighted by Crippen LogP contribution is 2.19. The second kappa shape index (κ2) is 11.1. The molecule has 138 valence electrons. The number of rotatable bonds is 10. The number of ether oxygens (including phenoxy) is 2. The van der Waals surface area contributed by atoms with Gasteiger partial charge in [-0.05, 0) is 60.5 Å². The van der Waals surface area contributed by atoms with E-state index < -0.39 is 0 Å². The van der Waals surface area contributed by atoms with E-state index in [1.807, 2.05) is 36.4 Å². The quantitative estimate of drug-likeness (QED) is 0.238. The molecule has 4 heteroatoms. The van der Waals surface area contributed by atoms with Crippen LogP contribution in [0.3, 0.4) is 0 Å². The van der Waals surface area contributed by atoms with Crippen molar-refractivity contribution in [2.24, 2.45) is 4.99 Å². The maximum atomic E-state index is 10.9. The van der Waals surface area contributed by atoms with Crippen LogP contribution in [0.2, 0.25) is 0 Å². The van der Waals surface area contributed by atoms with E-state index in [1.54, 1.807) is 18.3 Å². The molecule has 0 saturated heterocycles. The van der Waals surface area contributed by atoms with Crippen molar-refractivity contribution in [3.05, 3.63) is 54.1 Å². The Kier molecular flexibility index (Phi) is 8.40. The molecular formula is C22H27NO3. The molecule has 0 saturated carbocycles. The summed E-state index contributed by atoms with van der Waals surface area (Å²) in [7, 11) is 0. The summed E-state index contributed by atoms with van der Waals surface area (Å²) in [6, 6.07) is 15.0. The van der Waals surface area contributed by atoms with Crippen molar-refractivity contribution in [3.8, 4) is 11.5 Å². The van der Waals surface area contributed by atoms with Gasteiger partial charge in [0.2, 0.25) is 0 Å². The van der Waals surface area contributed by atoms with Gasteiger partial charge in [-0.25, -0.2) is 0 Å². The fourth-order valence-electron chi connectivity index (χ4n) is 2.46. The number of nitrogens with zero attached hydrogens (tertiary/aromatic N) is 1. The number of benzene rings is 2. The van der Waals surface area contributed by atoms with Crippen LogP contribution in [0.4, 0.5) is 5.69 Å². The van der Waals surface area contributed by atoms with Crippen molar-refractivity contribution >= 4 is 17.9 Å². The van der Waals surface area contributed by atoms with Crippen LogP contribution in [0.1, 0.15) is 51.5 Å². The highest BCUT2D eigenvalue weighted by Gasteiger charge is 1.98. The van der Waals surface area contributed by atoms with Gasteiger partial charge in [0.1, 0.15) is 11.5 Å². The largest absolute Gasteiger partial charge is 0.494 e. The third-order valence-electron chi connectivity index (χ3n) is 3.86. The minimum absolute atomic E-state index is 0.329. The van der Waals surface area contributed by atoms with Gasteiger partial charge in [0.05, 0.1) is 12.3 Å². The van der Waals surface area contributed by atoms with Crippen LogP contribution in [-0.2, 0) is 4.79 Å². The van der Waals surface area contributed by atoms with Gasteiger partial charge in [0, 0.05) is 13.1 Å². The Balaban J connectivity index is 1.79. The summed E-state index contributed by atoms with van der Waals surface area (Å²) in [5.74, 6) is 1.08. The Morgan fingerprint density at radius 1 is 0.923 bits per heavy atom. The van der Waals surface area contributed by atoms with Gasteiger partial charge < -0.3 is 9.47 Å². The molecule has 0 fully saturated rings. The SMILES string of the molecule is CCCCCCCOc1ccc(/C=N\c2ccc(OC(C)=O)cc2)cc1. The van der Waals surface area contributed by atoms with Gasteiger partial charge >= 0.3 is 5.97 Å². The molecule has 0 amide bonds. The Labute approximate surface area is 155 Å². The minimum atomic E-state index is -0.329. The maximum absolute atomic E-state index is 10.9. The lowest BCUT2D eigenvalue weighted by atomic mass is 10.2. The predicted octanol–water partition coefficient (Wildman–Crippen LogP) is 5.71. The third kappa shape index (κ3) is 7.51. The standard InChI is InChI=1S/C22H27NO3/c1-3-4-5-6-7-16-25-21-12-8-19(9-13-21)17-23-20-10-14-22(15-11-20)26-18(2)24/h8-15,17H,3-7,16H2,1-2H3/b23-17-. The minimum Gasteiger partial charge on any atom is -0.494 e. The van der Waals surface area contributed by atoms with E-state index in [-0.39, 0.29) is 5.97 Å². The van der Waals surface area contributed by atoms with Crippen LogP contribution in [0.5, 0.6) is 11.5 Å². The predicted molar refractivity (Wildman–Crippen MR) is 106 cm³/mol. The van der Waals surface area contributed by atoms with Gasteiger partial charge in [-0.2, -0.15) is 0 Å². The molecule has 0 radical (unpaired) electrons. The molecule has 2 aromatic carbocycles. The summed E-state index contributed by atoms with van der Waals surface area (Å²) in [5.41, 5.74) is 1.80. The molecule has 0 aromatic heterocycles. The van der Waals surface area contributed by atoms with E-state index in [9.17, 15) is 4.79 Å². The zero-order valence-corrected chi connectivity index (χ0v) is 15.6. The number of hydrogen-bond acceptors (Lipinski definition) is 4. The zero-order valence-electron chi connectivity index (χ0n) is 15.6. The highest BCUT2D eigenvalue weighted by molar-refractivity contribution is 5.82. The summed E-state index contributed by atoms with van der Waals surface area (Å²) < 4.78 is 10.8. The van der Waals surface area contributed by atoms with Crippen molar-refractivity contribution in [1.82, 2.24) is 0 Å². The average molecular weight is 353 g/mol. The van der Waals surface area contributed by atoms with Gasteiger partial charge in [-0.3, -0.25) is 9.79 Å². The van der Waals surface area contributed by atoms with Gasteiger partial charge in [0.25, 0.3) is 0 Å². The highest BCUT2D eigenvalue weighted by atomic mass is 16.5. The molecule has 0 aliphatic rings. The monoisotopic (exact) mass is 353 g/mol. The van der Waals surface area contributed by atoms with E-state index in [2.05, 4.69) is 11.9 Å². The van der Waals surface area contributed by atoms with Crippen LogP contribution in [-0.4, -0.2) is 18.8 Å². The summed E-state index contributed by atoms with van der Waals surface area (Å²) in [5, 5.41) is 0. The van der Waals surface area contributed by atoms with Crippen molar-refractivity contribution in [3.63, 3.8) is 0 Å². The van der Waals surface area contributed by atoms with E-state index >= 15 is 0 Å². The second-order valence-corrected chi connectivity index (χ2v) is 6.18. The number of carbonyl (C=O) groups excluding carboxylic acids is 1. The first-order valence-corrected chi connectivity index (χ1v) is 9.23. The van der Waals surface area contributed by atoms with Crippen molar-refractivity contribution < 1.29 is 14.3 Å². The molecule has 0 aliphatic carbocycles. The Morgan fingerprint density at radius 2 is 1.58 bits per heavy atom. The molecule has 0 bridgehead atoms. The first-order chi connectivity index (χ1) is 12.7. The lowest BCUT2D eigenvalue weighted by molar-refractivity contribution is -0.131. The lowest BCUT2D eigenvalue weighted by Gasteiger charge is -2.06. The number of unbranched alkanes of at least 4 members (excludes halogenated alkanes) is 4. The third-order valence-corrected chi connectivity index (χ3v) is 3.86. The molecule has 0 N–H and O–H groups in total.